The SMILES string of the molecule is C=CC/C=C(\C)C(OC(=O)COc1ccc(Cl)cc1Cl)C(=O)OCC. The van der Waals surface area contributed by atoms with E-state index in [2.05, 4.69) is 6.58 Å². The number of allylic oxidation sites excluding steroid dienone is 2. The molecule has 136 valence electrons. The van der Waals surface area contributed by atoms with Crippen molar-refractivity contribution in [2.75, 3.05) is 13.2 Å². The third-order valence-electron chi connectivity index (χ3n) is 3.01. The minimum absolute atomic E-state index is 0.179. The molecule has 1 rings (SSSR count). The molecule has 1 atom stereocenters. The highest BCUT2D eigenvalue weighted by Gasteiger charge is 2.26. The van der Waals surface area contributed by atoms with Gasteiger partial charge in [-0.15, -0.1) is 6.58 Å². The van der Waals surface area contributed by atoms with Gasteiger partial charge in [-0.25, -0.2) is 9.59 Å². The second-order valence-corrected chi connectivity index (χ2v) is 5.80. The van der Waals surface area contributed by atoms with Crippen molar-refractivity contribution in [2.24, 2.45) is 0 Å². The van der Waals surface area contributed by atoms with E-state index < -0.39 is 24.6 Å². The summed E-state index contributed by atoms with van der Waals surface area (Å²) in [7, 11) is 0. The largest absolute Gasteiger partial charge is 0.480 e. The average Bonchev–Trinajstić information content (AvgIpc) is 2.56. The van der Waals surface area contributed by atoms with Crippen LogP contribution in [0.2, 0.25) is 10.0 Å². The Hall–Kier alpha value is -1.98. The fraction of sp³-hybridized carbons (Fsp3) is 0.333. The molecule has 0 aliphatic carbocycles. The molecule has 0 fully saturated rings. The van der Waals surface area contributed by atoms with Gasteiger partial charge in [-0.2, -0.15) is 0 Å². The van der Waals surface area contributed by atoms with Gasteiger partial charge in [0, 0.05) is 5.02 Å². The Balaban J connectivity index is 2.73. The van der Waals surface area contributed by atoms with Crippen molar-refractivity contribution in [3.8, 4) is 5.75 Å². The third-order valence-corrected chi connectivity index (χ3v) is 3.54. The molecule has 0 aliphatic rings. The molecule has 0 N–H and O–H groups in total. The molecule has 5 nitrogen and oxygen atoms in total. The maximum Gasteiger partial charge on any atom is 0.351 e. The zero-order valence-electron chi connectivity index (χ0n) is 14.1. The van der Waals surface area contributed by atoms with Gasteiger partial charge in [0.05, 0.1) is 11.6 Å². The van der Waals surface area contributed by atoms with E-state index in [-0.39, 0.29) is 17.4 Å². The van der Waals surface area contributed by atoms with Crippen molar-refractivity contribution in [3.05, 3.63) is 52.5 Å². The zero-order chi connectivity index (χ0) is 18.8. The summed E-state index contributed by atoms with van der Waals surface area (Å²) >= 11 is 11.8. The number of benzene rings is 1. The molecule has 25 heavy (non-hydrogen) atoms. The van der Waals surface area contributed by atoms with Crippen molar-refractivity contribution in [3.63, 3.8) is 0 Å². The van der Waals surface area contributed by atoms with Crippen LogP contribution >= 0.6 is 23.2 Å². The lowest BCUT2D eigenvalue weighted by Gasteiger charge is -2.17. The summed E-state index contributed by atoms with van der Waals surface area (Å²) in [5.74, 6) is -1.08. The van der Waals surface area contributed by atoms with Gasteiger partial charge in [-0.05, 0) is 44.0 Å². The Labute approximate surface area is 157 Å². The van der Waals surface area contributed by atoms with Crippen LogP contribution in [-0.4, -0.2) is 31.3 Å². The number of esters is 2. The summed E-state index contributed by atoms with van der Waals surface area (Å²) in [6, 6.07) is 4.61. The minimum atomic E-state index is -1.13. The van der Waals surface area contributed by atoms with Crippen molar-refractivity contribution < 1.29 is 23.8 Å². The lowest BCUT2D eigenvalue weighted by molar-refractivity contribution is -0.166. The lowest BCUT2D eigenvalue weighted by Crippen LogP contribution is -2.32. The van der Waals surface area contributed by atoms with Crippen LogP contribution in [0, 0.1) is 0 Å². The topological polar surface area (TPSA) is 61.8 Å². The van der Waals surface area contributed by atoms with E-state index in [0.29, 0.717) is 17.0 Å². The van der Waals surface area contributed by atoms with Crippen LogP contribution in [0.25, 0.3) is 0 Å². The van der Waals surface area contributed by atoms with Gasteiger partial charge in [0.15, 0.2) is 6.61 Å². The summed E-state index contributed by atoms with van der Waals surface area (Å²) in [6.07, 6.45) is 2.81. The molecule has 0 saturated heterocycles. The molecule has 0 saturated carbocycles. The highest BCUT2D eigenvalue weighted by atomic mass is 35.5. The van der Waals surface area contributed by atoms with Gasteiger partial charge >= 0.3 is 11.9 Å². The molecule has 0 aromatic heterocycles. The molecule has 0 radical (unpaired) electrons. The van der Waals surface area contributed by atoms with Crippen LogP contribution in [-0.2, 0) is 19.1 Å². The second kappa shape index (κ2) is 10.8. The molecule has 0 heterocycles. The highest BCUT2D eigenvalue weighted by molar-refractivity contribution is 6.35. The smallest absolute Gasteiger partial charge is 0.351 e. The standard InChI is InChI=1S/C18H20Cl2O5/c1-4-6-7-12(3)17(18(22)23-5-2)25-16(21)11-24-15-9-8-13(19)10-14(15)20/h4,7-10,17H,1,5-6,11H2,2-3H3/b12-7+. The van der Waals surface area contributed by atoms with E-state index in [1.807, 2.05) is 0 Å². The van der Waals surface area contributed by atoms with Gasteiger partial charge < -0.3 is 14.2 Å². The molecule has 0 amide bonds. The first-order valence-electron chi connectivity index (χ1n) is 7.60. The number of hydrogen-bond acceptors (Lipinski definition) is 5. The Morgan fingerprint density at radius 3 is 2.64 bits per heavy atom. The maximum absolute atomic E-state index is 12.0. The Kier molecular flexibility index (Phi) is 9.10. The fourth-order valence-corrected chi connectivity index (χ4v) is 2.28. The number of ether oxygens (including phenoxy) is 3. The highest BCUT2D eigenvalue weighted by Crippen LogP contribution is 2.27. The first-order valence-corrected chi connectivity index (χ1v) is 8.36. The third kappa shape index (κ3) is 7.20. The summed E-state index contributed by atoms with van der Waals surface area (Å²) in [6.45, 7) is 6.72. The van der Waals surface area contributed by atoms with Crippen LogP contribution in [0.1, 0.15) is 20.3 Å². The quantitative estimate of drug-likeness (QED) is 0.465. The van der Waals surface area contributed by atoms with Gasteiger partial charge in [-0.1, -0.05) is 35.4 Å². The van der Waals surface area contributed by atoms with Crippen LogP contribution in [0.4, 0.5) is 0 Å². The van der Waals surface area contributed by atoms with Crippen molar-refractivity contribution in [1.82, 2.24) is 0 Å². The fourth-order valence-electron chi connectivity index (χ4n) is 1.82. The summed E-state index contributed by atoms with van der Waals surface area (Å²) < 4.78 is 15.4. The first kappa shape index (κ1) is 21.1. The molecule has 0 bridgehead atoms. The second-order valence-electron chi connectivity index (χ2n) is 4.96. The van der Waals surface area contributed by atoms with E-state index in [1.54, 1.807) is 32.1 Å². The lowest BCUT2D eigenvalue weighted by atomic mass is 10.1. The molecule has 1 aromatic rings. The van der Waals surface area contributed by atoms with E-state index >= 15 is 0 Å². The van der Waals surface area contributed by atoms with Gasteiger partial charge in [0.25, 0.3) is 0 Å². The van der Waals surface area contributed by atoms with Crippen LogP contribution in [0.15, 0.2) is 42.5 Å². The molecular formula is C18H20Cl2O5. The minimum Gasteiger partial charge on any atom is -0.480 e. The normalized spacial score (nSPS) is 12.2. The summed E-state index contributed by atoms with van der Waals surface area (Å²) in [4.78, 5) is 24.0. The Morgan fingerprint density at radius 1 is 1.32 bits per heavy atom. The molecule has 0 spiro atoms. The first-order chi connectivity index (χ1) is 11.9. The van der Waals surface area contributed by atoms with Crippen LogP contribution in [0.3, 0.4) is 0 Å². The van der Waals surface area contributed by atoms with Crippen LogP contribution in [0.5, 0.6) is 5.75 Å². The maximum atomic E-state index is 12.0. The predicted molar refractivity (Wildman–Crippen MR) is 97.0 cm³/mol. The van der Waals surface area contributed by atoms with Gasteiger partial charge in [-0.3, -0.25) is 0 Å². The van der Waals surface area contributed by atoms with E-state index in [4.69, 9.17) is 37.4 Å². The number of carbonyl (C=O) groups excluding carboxylic acids is 2. The molecule has 0 aliphatic heterocycles. The molecular weight excluding hydrogens is 367 g/mol. The summed E-state index contributed by atoms with van der Waals surface area (Å²) in [5.41, 5.74) is 0.552. The number of halogens is 2. The van der Waals surface area contributed by atoms with Gasteiger partial charge in [0.1, 0.15) is 5.75 Å². The van der Waals surface area contributed by atoms with Crippen LogP contribution < -0.4 is 4.74 Å². The number of rotatable bonds is 9. The monoisotopic (exact) mass is 386 g/mol. The Morgan fingerprint density at radius 2 is 2.04 bits per heavy atom. The van der Waals surface area contributed by atoms with Crippen molar-refractivity contribution in [1.29, 1.82) is 0 Å². The van der Waals surface area contributed by atoms with E-state index in [1.165, 1.54) is 12.1 Å². The molecule has 1 unspecified atom stereocenters. The molecule has 1 aromatic carbocycles. The van der Waals surface area contributed by atoms with E-state index in [9.17, 15) is 9.59 Å². The Bertz CT molecular complexity index is 655. The van der Waals surface area contributed by atoms with Crippen molar-refractivity contribution in [2.45, 2.75) is 26.4 Å². The predicted octanol–water partition coefficient (Wildman–Crippen LogP) is 4.37. The summed E-state index contributed by atoms with van der Waals surface area (Å²) in [5, 5.41) is 0.717. The van der Waals surface area contributed by atoms with Gasteiger partial charge in [0.2, 0.25) is 6.10 Å². The van der Waals surface area contributed by atoms with E-state index in [0.717, 1.165) is 0 Å². The average molecular weight is 387 g/mol. The van der Waals surface area contributed by atoms with Crippen molar-refractivity contribution >= 4 is 35.1 Å². The zero-order valence-corrected chi connectivity index (χ0v) is 15.6. The number of hydrogen-bond donors (Lipinski definition) is 0. The molecule has 7 heteroatoms. The number of carbonyl (C=O) groups is 2.